The Balaban J connectivity index is 1.26. The number of carboxylic acid groups (broad SMARTS) is 1. The van der Waals surface area contributed by atoms with Crippen LogP contribution in [0.1, 0.15) is 41.6 Å². The lowest BCUT2D eigenvalue weighted by molar-refractivity contribution is -0.144. The van der Waals surface area contributed by atoms with E-state index in [4.69, 9.17) is 34.8 Å². The number of fused-ring (bicyclic) bond motifs is 3. The van der Waals surface area contributed by atoms with Gasteiger partial charge >= 0.3 is 12.0 Å². The van der Waals surface area contributed by atoms with Crippen molar-refractivity contribution in [2.24, 2.45) is 5.92 Å². The van der Waals surface area contributed by atoms with Gasteiger partial charge < -0.3 is 26.0 Å². The molecule has 13 heteroatoms. The number of aliphatic carboxylic acids is 1. The van der Waals surface area contributed by atoms with Crippen LogP contribution >= 0.6 is 34.8 Å². The van der Waals surface area contributed by atoms with Gasteiger partial charge in [0.05, 0.1) is 26.3 Å². The molecule has 1 aliphatic carbocycles. The quantitative estimate of drug-likeness (QED) is 0.241. The number of rotatable bonds is 8. The number of carbonyl (C=O) groups excluding carboxylic acids is 3. The minimum absolute atomic E-state index is 0.00997. The molecular formula is C30H28Cl3N5O5. The zero-order chi connectivity index (χ0) is 30.7. The number of hydrogen-bond donors (Lipinski definition) is 4. The van der Waals surface area contributed by atoms with Crippen LogP contribution in [0.4, 0.5) is 16.2 Å². The molecule has 1 saturated carbocycles. The van der Waals surface area contributed by atoms with Gasteiger partial charge in [-0.25, -0.2) is 9.59 Å². The highest BCUT2D eigenvalue weighted by Crippen LogP contribution is 2.40. The number of pyridine rings is 1. The number of para-hydroxylation sites is 1. The van der Waals surface area contributed by atoms with Crippen molar-refractivity contribution in [2.45, 2.75) is 50.2 Å². The van der Waals surface area contributed by atoms with Crippen molar-refractivity contribution in [2.75, 3.05) is 10.6 Å². The van der Waals surface area contributed by atoms with Crippen LogP contribution in [0.2, 0.25) is 15.1 Å². The van der Waals surface area contributed by atoms with Gasteiger partial charge in [0.2, 0.25) is 5.91 Å². The van der Waals surface area contributed by atoms with E-state index >= 15 is 0 Å². The number of carboxylic acids is 1. The zero-order valence-corrected chi connectivity index (χ0v) is 25.0. The summed E-state index contributed by atoms with van der Waals surface area (Å²) in [5.74, 6) is -2.32. The molecule has 224 valence electrons. The molecule has 4 N–H and O–H groups in total. The molecule has 10 nitrogen and oxygen atoms in total. The third-order valence-electron chi connectivity index (χ3n) is 7.85. The summed E-state index contributed by atoms with van der Waals surface area (Å²) in [6.45, 7) is 0. The van der Waals surface area contributed by atoms with Gasteiger partial charge in [-0.05, 0) is 61.4 Å². The van der Waals surface area contributed by atoms with E-state index in [1.54, 1.807) is 53.4 Å². The fourth-order valence-electron chi connectivity index (χ4n) is 5.76. The van der Waals surface area contributed by atoms with Gasteiger partial charge in [0.15, 0.2) is 0 Å². The summed E-state index contributed by atoms with van der Waals surface area (Å²) in [4.78, 5) is 57.2. The van der Waals surface area contributed by atoms with Crippen LogP contribution in [0, 0.1) is 5.92 Å². The van der Waals surface area contributed by atoms with Crippen LogP contribution in [0.3, 0.4) is 0 Å². The van der Waals surface area contributed by atoms with Crippen molar-refractivity contribution < 1.29 is 24.3 Å². The number of aromatic nitrogens is 1. The molecule has 0 radical (unpaired) electrons. The number of nitrogens with zero attached hydrogens (tertiary/aromatic N) is 2. The summed E-state index contributed by atoms with van der Waals surface area (Å²) >= 11 is 18.4. The van der Waals surface area contributed by atoms with Crippen molar-refractivity contribution in [3.63, 3.8) is 0 Å². The molecule has 2 saturated heterocycles. The Bertz CT molecular complexity index is 1530. The number of halogens is 3. The van der Waals surface area contributed by atoms with E-state index in [9.17, 15) is 24.3 Å². The molecule has 3 aromatic rings. The first-order chi connectivity index (χ1) is 20.6. The minimum Gasteiger partial charge on any atom is -0.480 e. The smallest absolute Gasteiger partial charge is 0.326 e. The maximum Gasteiger partial charge on any atom is 0.326 e. The number of nitrogens with one attached hydrogen (secondary N) is 3. The van der Waals surface area contributed by atoms with E-state index < -0.39 is 35.9 Å². The summed E-state index contributed by atoms with van der Waals surface area (Å²) in [5.41, 5.74) is 1.57. The first kappa shape index (κ1) is 30.6. The van der Waals surface area contributed by atoms with Crippen molar-refractivity contribution in [3.05, 3.63) is 87.1 Å². The van der Waals surface area contributed by atoms with E-state index in [-0.39, 0.29) is 34.0 Å². The van der Waals surface area contributed by atoms with Gasteiger partial charge in [-0.1, -0.05) is 59.1 Å². The monoisotopic (exact) mass is 643 g/mol. The predicted octanol–water partition coefficient (Wildman–Crippen LogP) is 5.88. The Hall–Kier alpha value is -3.86. The summed E-state index contributed by atoms with van der Waals surface area (Å²) in [7, 11) is 0. The maximum absolute atomic E-state index is 13.6. The van der Waals surface area contributed by atoms with Gasteiger partial charge in [-0.3, -0.25) is 14.6 Å². The Morgan fingerprint density at radius 3 is 2.16 bits per heavy atom. The lowest BCUT2D eigenvalue weighted by atomic mass is 9.74. The topological polar surface area (TPSA) is 141 Å². The minimum atomic E-state index is -1.24. The third kappa shape index (κ3) is 6.87. The van der Waals surface area contributed by atoms with Crippen molar-refractivity contribution >= 4 is 70.0 Å². The molecule has 1 unspecified atom stereocenters. The Morgan fingerprint density at radius 2 is 1.53 bits per heavy atom. The number of hydrogen-bond acceptors (Lipinski definition) is 5. The number of anilines is 2. The maximum atomic E-state index is 13.6. The normalized spacial score (nSPS) is 19.8. The van der Waals surface area contributed by atoms with Crippen molar-refractivity contribution in [1.29, 1.82) is 0 Å². The zero-order valence-electron chi connectivity index (χ0n) is 22.7. The number of carbonyl (C=O) groups is 4. The molecule has 2 aliphatic heterocycles. The Morgan fingerprint density at radius 1 is 0.884 bits per heavy atom. The molecule has 3 fully saturated rings. The van der Waals surface area contributed by atoms with Crippen molar-refractivity contribution in [3.8, 4) is 0 Å². The van der Waals surface area contributed by atoms with Crippen LogP contribution in [0.25, 0.3) is 0 Å². The predicted molar refractivity (Wildman–Crippen MR) is 164 cm³/mol. The van der Waals surface area contributed by atoms with E-state index in [2.05, 4.69) is 20.9 Å². The number of urea groups is 1. The summed E-state index contributed by atoms with van der Waals surface area (Å²) in [5, 5.41) is 18.7. The second-order valence-electron chi connectivity index (χ2n) is 10.6. The average molecular weight is 645 g/mol. The van der Waals surface area contributed by atoms with Gasteiger partial charge in [0.25, 0.3) is 5.91 Å². The number of amides is 4. The van der Waals surface area contributed by atoms with Crippen LogP contribution in [-0.2, 0) is 16.0 Å². The number of piperidine rings is 2. The molecule has 3 heterocycles. The highest BCUT2D eigenvalue weighted by atomic mass is 35.5. The molecule has 2 aromatic carbocycles. The molecule has 2 atom stereocenters. The van der Waals surface area contributed by atoms with E-state index in [1.807, 2.05) is 0 Å². The SMILES string of the molecule is O=C(Nc1ccc(C[C@H](NC(=O)C2C3CCC(CC3)N2C(=O)Nc2ccccc2Cl)C(=O)O)cc1)c1c(Cl)cncc1Cl. The molecule has 43 heavy (non-hydrogen) atoms. The molecule has 1 aromatic heterocycles. The fourth-order valence-corrected chi connectivity index (χ4v) is 6.48. The Kier molecular flexibility index (Phi) is 9.39. The second kappa shape index (κ2) is 13.2. The fraction of sp³-hybridized carbons (Fsp3) is 0.300. The third-order valence-corrected chi connectivity index (χ3v) is 8.75. The van der Waals surface area contributed by atoms with E-state index in [0.29, 0.717) is 22.0 Å². The average Bonchev–Trinajstić information content (AvgIpc) is 2.98. The van der Waals surface area contributed by atoms with Gasteiger partial charge in [0, 0.05) is 30.5 Å². The first-order valence-electron chi connectivity index (χ1n) is 13.7. The summed E-state index contributed by atoms with van der Waals surface area (Å²) in [6, 6.07) is 10.7. The van der Waals surface area contributed by atoms with E-state index in [0.717, 1.165) is 25.7 Å². The standard InChI is InChI=1S/C30H28Cl3N5O5/c31-20-3-1-2-4-23(20)37-30(43)38-19-11-7-17(8-12-19)26(38)28(40)36-24(29(41)42)13-16-5-9-18(10-6-16)35-27(39)25-21(32)14-34-15-22(25)33/h1-6,9-10,14-15,17,19,24,26H,7-8,11-13H2,(H,35,39)(H,36,40)(H,37,43)(H,41,42)/t17?,19?,24-,26?/m0/s1. The highest BCUT2D eigenvalue weighted by Gasteiger charge is 2.48. The Labute approximate surface area is 262 Å². The van der Waals surface area contributed by atoms with Gasteiger partial charge in [-0.15, -0.1) is 0 Å². The molecule has 0 spiro atoms. The van der Waals surface area contributed by atoms with Crippen LogP contribution in [0.15, 0.2) is 60.9 Å². The largest absolute Gasteiger partial charge is 0.480 e. The van der Waals surface area contributed by atoms with Gasteiger partial charge in [-0.2, -0.15) is 0 Å². The first-order valence-corrected chi connectivity index (χ1v) is 14.8. The molecular weight excluding hydrogens is 617 g/mol. The molecule has 4 amide bonds. The van der Waals surface area contributed by atoms with Crippen LogP contribution < -0.4 is 16.0 Å². The molecule has 2 bridgehead atoms. The molecule has 6 rings (SSSR count). The lowest BCUT2D eigenvalue weighted by Crippen LogP contribution is -2.64. The second-order valence-corrected chi connectivity index (χ2v) is 11.8. The number of benzene rings is 2. The van der Waals surface area contributed by atoms with Crippen molar-refractivity contribution in [1.82, 2.24) is 15.2 Å². The van der Waals surface area contributed by atoms with Gasteiger partial charge in [0.1, 0.15) is 12.1 Å². The van der Waals surface area contributed by atoms with E-state index in [1.165, 1.54) is 12.4 Å². The highest BCUT2D eigenvalue weighted by molar-refractivity contribution is 6.40. The van der Waals surface area contributed by atoms with Crippen LogP contribution in [-0.4, -0.2) is 56.9 Å². The molecule has 3 aliphatic rings. The lowest BCUT2D eigenvalue weighted by Gasteiger charge is -2.50. The van der Waals surface area contributed by atoms with Crippen LogP contribution in [0.5, 0.6) is 0 Å². The summed E-state index contributed by atoms with van der Waals surface area (Å²) < 4.78 is 0. The summed E-state index contributed by atoms with van der Waals surface area (Å²) in [6.07, 6.45) is 5.72.